The lowest BCUT2D eigenvalue weighted by atomic mass is 9.99. The fourth-order valence-electron chi connectivity index (χ4n) is 3.32. The van der Waals surface area contributed by atoms with E-state index in [2.05, 4.69) is 0 Å². The molecule has 0 saturated carbocycles. The molecule has 1 aliphatic rings. The van der Waals surface area contributed by atoms with Crippen LogP contribution in [-0.2, 0) is 6.54 Å². The summed E-state index contributed by atoms with van der Waals surface area (Å²) in [5.41, 5.74) is 4.59. The van der Waals surface area contributed by atoms with E-state index in [0.29, 0.717) is 24.4 Å². The monoisotopic (exact) mass is 339 g/mol. The van der Waals surface area contributed by atoms with Crippen molar-refractivity contribution in [3.63, 3.8) is 0 Å². The lowest BCUT2D eigenvalue weighted by molar-refractivity contribution is 0.287. The topological polar surface area (TPSA) is 42.7 Å². The highest BCUT2D eigenvalue weighted by atomic mass is 19.1. The molecule has 2 heterocycles. The van der Waals surface area contributed by atoms with Gasteiger partial charge in [0.15, 0.2) is 6.73 Å². The fourth-order valence-corrected chi connectivity index (χ4v) is 3.32. The van der Waals surface area contributed by atoms with Crippen LogP contribution in [0.25, 0.3) is 11.0 Å². The molecule has 0 bridgehead atoms. The summed E-state index contributed by atoms with van der Waals surface area (Å²) in [6.45, 7) is 6.63. The Bertz CT molecular complexity index is 1040. The second-order valence-corrected chi connectivity index (χ2v) is 6.45. The summed E-state index contributed by atoms with van der Waals surface area (Å²) in [6.07, 6.45) is 0. The average molecular weight is 339 g/mol. The summed E-state index contributed by atoms with van der Waals surface area (Å²) >= 11 is 0. The van der Waals surface area contributed by atoms with Gasteiger partial charge in [-0.15, -0.1) is 0 Å². The SMILES string of the molecule is Cc1c(C)c2cc3c(c(C)c2oc1=O)OCN(c1ccc(F)cc1)C3. The number of anilines is 1. The standard InChI is InChI=1S/C20H18FNO3/c1-11-12(2)20(23)25-19-13(3)18-14(8-17(11)19)9-22(10-24-18)16-6-4-15(21)5-7-16/h4-8H,9-10H2,1-3H3. The van der Waals surface area contributed by atoms with E-state index in [9.17, 15) is 9.18 Å². The molecule has 0 N–H and O–H groups in total. The third-order valence-electron chi connectivity index (χ3n) is 4.92. The molecule has 2 aromatic carbocycles. The minimum atomic E-state index is -0.309. The van der Waals surface area contributed by atoms with Crippen molar-refractivity contribution in [2.75, 3.05) is 11.6 Å². The van der Waals surface area contributed by atoms with Gasteiger partial charge in [0.1, 0.15) is 17.1 Å². The predicted molar refractivity (Wildman–Crippen MR) is 94.8 cm³/mol. The Morgan fingerprint density at radius 2 is 1.76 bits per heavy atom. The molecule has 25 heavy (non-hydrogen) atoms. The molecule has 0 spiro atoms. The van der Waals surface area contributed by atoms with E-state index < -0.39 is 0 Å². The molecule has 0 radical (unpaired) electrons. The second kappa shape index (κ2) is 5.62. The van der Waals surface area contributed by atoms with E-state index in [-0.39, 0.29) is 11.4 Å². The molecule has 4 rings (SSSR count). The Kier molecular flexibility index (Phi) is 3.53. The van der Waals surface area contributed by atoms with E-state index in [1.165, 1.54) is 12.1 Å². The Labute approximate surface area is 144 Å². The molecule has 4 nitrogen and oxygen atoms in total. The van der Waals surface area contributed by atoms with Gasteiger partial charge in [0, 0.05) is 34.3 Å². The van der Waals surface area contributed by atoms with Crippen LogP contribution in [0.15, 0.2) is 39.5 Å². The molecule has 1 aliphatic heterocycles. The number of hydrogen-bond acceptors (Lipinski definition) is 4. The van der Waals surface area contributed by atoms with Crippen molar-refractivity contribution in [1.82, 2.24) is 0 Å². The Balaban J connectivity index is 1.83. The summed E-state index contributed by atoms with van der Waals surface area (Å²) in [6, 6.07) is 8.40. The van der Waals surface area contributed by atoms with Gasteiger partial charge in [-0.3, -0.25) is 0 Å². The molecule has 128 valence electrons. The van der Waals surface area contributed by atoms with Crippen LogP contribution in [0.5, 0.6) is 5.75 Å². The van der Waals surface area contributed by atoms with E-state index in [4.69, 9.17) is 9.15 Å². The summed E-state index contributed by atoms with van der Waals surface area (Å²) in [5.74, 6) is 0.502. The highest BCUT2D eigenvalue weighted by molar-refractivity contribution is 5.87. The number of ether oxygens (including phenoxy) is 1. The average Bonchev–Trinajstić information content (AvgIpc) is 2.61. The third kappa shape index (κ3) is 2.47. The number of fused-ring (bicyclic) bond motifs is 2. The summed E-state index contributed by atoms with van der Waals surface area (Å²) in [5, 5.41) is 0.929. The van der Waals surface area contributed by atoms with Crippen LogP contribution in [0.2, 0.25) is 0 Å². The van der Waals surface area contributed by atoms with Gasteiger partial charge in [-0.25, -0.2) is 9.18 Å². The molecule has 5 heteroatoms. The number of aryl methyl sites for hydroxylation is 2. The first kappa shape index (κ1) is 15.7. The first-order valence-corrected chi connectivity index (χ1v) is 8.15. The zero-order valence-corrected chi connectivity index (χ0v) is 14.4. The van der Waals surface area contributed by atoms with Crippen molar-refractivity contribution in [2.45, 2.75) is 27.3 Å². The Morgan fingerprint density at radius 3 is 2.48 bits per heavy atom. The summed E-state index contributed by atoms with van der Waals surface area (Å²) in [7, 11) is 0. The molecule has 0 amide bonds. The maximum Gasteiger partial charge on any atom is 0.339 e. The quantitative estimate of drug-likeness (QED) is 0.623. The van der Waals surface area contributed by atoms with Gasteiger partial charge in [-0.05, 0) is 56.7 Å². The first-order valence-electron chi connectivity index (χ1n) is 8.15. The van der Waals surface area contributed by atoms with Crippen LogP contribution in [0, 0.1) is 26.6 Å². The summed E-state index contributed by atoms with van der Waals surface area (Å²) in [4.78, 5) is 14.0. The Hall–Kier alpha value is -2.82. The largest absolute Gasteiger partial charge is 0.472 e. The molecular weight excluding hydrogens is 321 g/mol. The molecule has 1 aromatic heterocycles. The van der Waals surface area contributed by atoms with Crippen LogP contribution in [-0.4, -0.2) is 6.73 Å². The van der Waals surface area contributed by atoms with E-state index in [1.54, 1.807) is 19.1 Å². The van der Waals surface area contributed by atoms with Crippen molar-refractivity contribution in [3.8, 4) is 5.75 Å². The van der Waals surface area contributed by atoms with Gasteiger partial charge < -0.3 is 14.1 Å². The molecule has 0 unspecified atom stereocenters. The van der Waals surface area contributed by atoms with Crippen LogP contribution in [0.1, 0.15) is 22.3 Å². The molecule has 0 fully saturated rings. The van der Waals surface area contributed by atoms with Crippen LogP contribution in [0.3, 0.4) is 0 Å². The minimum absolute atomic E-state index is 0.259. The number of halogens is 1. The lowest BCUT2D eigenvalue weighted by Crippen LogP contribution is -2.32. The smallest absolute Gasteiger partial charge is 0.339 e. The van der Waals surface area contributed by atoms with Crippen LogP contribution >= 0.6 is 0 Å². The molecule has 0 aliphatic carbocycles. The van der Waals surface area contributed by atoms with Crippen molar-refractivity contribution < 1.29 is 13.5 Å². The third-order valence-corrected chi connectivity index (χ3v) is 4.92. The molecule has 0 atom stereocenters. The Morgan fingerprint density at radius 1 is 1.04 bits per heavy atom. The van der Waals surface area contributed by atoms with Gasteiger partial charge in [0.2, 0.25) is 0 Å². The van der Waals surface area contributed by atoms with E-state index in [0.717, 1.165) is 33.5 Å². The highest BCUT2D eigenvalue weighted by Crippen LogP contribution is 2.37. The van der Waals surface area contributed by atoms with Crippen LogP contribution < -0.4 is 15.3 Å². The zero-order valence-electron chi connectivity index (χ0n) is 14.4. The van der Waals surface area contributed by atoms with Gasteiger partial charge in [0.25, 0.3) is 0 Å². The van der Waals surface area contributed by atoms with Crippen molar-refractivity contribution >= 4 is 16.7 Å². The molecular formula is C20H18FNO3. The number of benzene rings is 2. The van der Waals surface area contributed by atoms with Crippen molar-refractivity contribution in [2.24, 2.45) is 0 Å². The minimum Gasteiger partial charge on any atom is -0.472 e. The van der Waals surface area contributed by atoms with E-state index >= 15 is 0 Å². The highest BCUT2D eigenvalue weighted by Gasteiger charge is 2.23. The van der Waals surface area contributed by atoms with Crippen molar-refractivity contribution in [1.29, 1.82) is 0 Å². The first-order chi connectivity index (χ1) is 12.0. The van der Waals surface area contributed by atoms with Crippen molar-refractivity contribution in [3.05, 3.63) is 68.8 Å². The maximum absolute atomic E-state index is 13.1. The number of hydrogen-bond donors (Lipinski definition) is 0. The zero-order chi connectivity index (χ0) is 17.7. The number of nitrogens with zero attached hydrogens (tertiary/aromatic N) is 1. The van der Waals surface area contributed by atoms with Gasteiger partial charge in [0.05, 0.1) is 0 Å². The second-order valence-electron chi connectivity index (χ2n) is 6.45. The molecule has 0 saturated heterocycles. The predicted octanol–water partition coefficient (Wildman–Crippen LogP) is 4.21. The molecule has 3 aromatic rings. The normalized spacial score (nSPS) is 13.7. The maximum atomic E-state index is 13.1. The fraction of sp³-hybridized carbons (Fsp3) is 0.250. The van der Waals surface area contributed by atoms with E-state index in [1.807, 2.05) is 24.8 Å². The van der Waals surface area contributed by atoms with Gasteiger partial charge in [-0.1, -0.05) is 0 Å². The van der Waals surface area contributed by atoms with Crippen LogP contribution in [0.4, 0.5) is 10.1 Å². The number of rotatable bonds is 1. The lowest BCUT2D eigenvalue weighted by Gasteiger charge is -2.32. The van der Waals surface area contributed by atoms with Gasteiger partial charge >= 0.3 is 5.63 Å². The summed E-state index contributed by atoms with van der Waals surface area (Å²) < 4.78 is 24.6. The van der Waals surface area contributed by atoms with Gasteiger partial charge in [-0.2, -0.15) is 0 Å².